The van der Waals surface area contributed by atoms with Crippen LogP contribution in [0.4, 0.5) is 0 Å². The third kappa shape index (κ3) is 2.00. The van der Waals surface area contributed by atoms with E-state index in [4.69, 9.17) is 5.73 Å². The molecule has 0 radical (unpaired) electrons. The Hall–Kier alpha value is -1.45. The van der Waals surface area contributed by atoms with Crippen molar-refractivity contribution in [2.75, 3.05) is 20.1 Å². The molecule has 2 atom stereocenters. The minimum atomic E-state index is 0.510. The largest absolute Gasteiger partial charge is 0.330 e. The predicted octanol–water partition coefficient (Wildman–Crippen LogP) is 2.19. The second-order valence-corrected chi connectivity index (χ2v) is 5.28. The van der Waals surface area contributed by atoms with Crippen molar-refractivity contribution < 1.29 is 0 Å². The summed E-state index contributed by atoms with van der Waals surface area (Å²) in [5.74, 6) is 0.633. The second-order valence-electron chi connectivity index (χ2n) is 5.28. The van der Waals surface area contributed by atoms with Crippen LogP contribution >= 0.6 is 0 Å². The molecule has 0 aliphatic carbocycles. The number of pyridine rings is 1. The monoisotopic (exact) mass is 241 g/mol. The molecule has 2 heterocycles. The van der Waals surface area contributed by atoms with Crippen LogP contribution in [0.1, 0.15) is 18.0 Å². The van der Waals surface area contributed by atoms with Crippen molar-refractivity contribution >= 4 is 10.8 Å². The molecule has 3 heteroatoms. The minimum Gasteiger partial charge on any atom is -0.330 e. The van der Waals surface area contributed by atoms with Crippen molar-refractivity contribution in [1.29, 1.82) is 0 Å². The molecule has 1 aromatic heterocycles. The Morgan fingerprint density at radius 2 is 2.22 bits per heavy atom. The highest BCUT2D eigenvalue weighted by molar-refractivity contribution is 5.82. The molecule has 0 saturated carbocycles. The summed E-state index contributed by atoms with van der Waals surface area (Å²) in [4.78, 5) is 6.57. The average molecular weight is 241 g/mol. The lowest BCUT2D eigenvalue weighted by atomic mass is 9.98. The Kier molecular flexibility index (Phi) is 3.02. The fourth-order valence-electron chi connectivity index (χ4n) is 2.98. The van der Waals surface area contributed by atoms with Gasteiger partial charge in [0, 0.05) is 30.4 Å². The van der Waals surface area contributed by atoms with E-state index in [1.54, 1.807) is 0 Å². The van der Waals surface area contributed by atoms with Gasteiger partial charge in [-0.25, -0.2) is 0 Å². The molecule has 1 fully saturated rings. The van der Waals surface area contributed by atoms with E-state index in [1.165, 1.54) is 22.8 Å². The van der Waals surface area contributed by atoms with Crippen LogP contribution in [0, 0.1) is 5.92 Å². The highest BCUT2D eigenvalue weighted by Gasteiger charge is 2.29. The van der Waals surface area contributed by atoms with E-state index in [0.29, 0.717) is 12.0 Å². The Morgan fingerprint density at radius 3 is 3.00 bits per heavy atom. The molecule has 0 bridgehead atoms. The zero-order chi connectivity index (χ0) is 12.5. The van der Waals surface area contributed by atoms with Crippen LogP contribution in [0.25, 0.3) is 10.8 Å². The van der Waals surface area contributed by atoms with E-state index in [1.807, 2.05) is 12.4 Å². The molecule has 1 aliphatic rings. The van der Waals surface area contributed by atoms with E-state index < -0.39 is 0 Å². The maximum atomic E-state index is 5.79. The summed E-state index contributed by atoms with van der Waals surface area (Å²) in [6.07, 6.45) is 4.94. The molecule has 18 heavy (non-hydrogen) atoms. The van der Waals surface area contributed by atoms with Gasteiger partial charge >= 0.3 is 0 Å². The number of nitrogens with zero attached hydrogens (tertiary/aromatic N) is 2. The van der Waals surface area contributed by atoms with Gasteiger partial charge in [0.15, 0.2) is 0 Å². The SMILES string of the molecule is CN1CC(CN)CC1c1ccc2cnccc2c1. The predicted molar refractivity (Wildman–Crippen MR) is 74.3 cm³/mol. The third-order valence-electron chi connectivity index (χ3n) is 4.02. The summed E-state index contributed by atoms with van der Waals surface area (Å²) in [6, 6.07) is 9.27. The van der Waals surface area contributed by atoms with E-state index in [-0.39, 0.29) is 0 Å². The molecule has 0 spiro atoms. The van der Waals surface area contributed by atoms with Crippen molar-refractivity contribution in [1.82, 2.24) is 9.88 Å². The number of aromatic nitrogens is 1. The van der Waals surface area contributed by atoms with Crippen LogP contribution in [-0.4, -0.2) is 30.0 Å². The number of likely N-dealkylation sites (tertiary alicyclic amines) is 1. The van der Waals surface area contributed by atoms with Gasteiger partial charge in [-0.2, -0.15) is 0 Å². The van der Waals surface area contributed by atoms with E-state index in [2.05, 4.69) is 41.2 Å². The lowest BCUT2D eigenvalue weighted by molar-refractivity contribution is 0.314. The molecule has 2 unspecified atom stereocenters. The first-order valence-electron chi connectivity index (χ1n) is 6.52. The van der Waals surface area contributed by atoms with Gasteiger partial charge < -0.3 is 5.73 Å². The zero-order valence-electron chi connectivity index (χ0n) is 10.7. The maximum Gasteiger partial charge on any atom is 0.0349 e. The number of rotatable bonds is 2. The summed E-state index contributed by atoms with van der Waals surface area (Å²) >= 11 is 0. The Bertz CT molecular complexity index is 552. The highest BCUT2D eigenvalue weighted by atomic mass is 15.2. The first kappa shape index (κ1) is 11.6. The van der Waals surface area contributed by atoms with Gasteiger partial charge in [0.05, 0.1) is 0 Å². The summed E-state index contributed by atoms with van der Waals surface area (Å²) in [5.41, 5.74) is 7.19. The summed E-state index contributed by atoms with van der Waals surface area (Å²) in [7, 11) is 2.19. The van der Waals surface area contributed by atoms with Gasteiger partial charge in [-0.15, -0.1) is 0 Å². The van der Waals surface area contributed by atoms with Crippen LogP contribution in [0.5, 0.6) is 0 Å². The Labute approximate surface area is 108 Å². The summed E-state index contributed by atoms with van der Waals surface area (Å²) in [5, 5.41) is 2.48. The van der Waals surface area contributed by atoms with Crippen LogP contribution < -0.4 is 5.73 Å². The zero-order valence-corrected chi connectivity index (χ0v) is 10.7. The fraction of sp³-hybridized carbons (Fsp3) is 0.400. The first-order valence-corrected chi connectivity index (χ1v) is 6.52. The molecule has 94 valence electrons. The summed E-state index contributed by atoms with van der Waals surface area (Å²) in [6.45, 7) is 1.90. The van der Waals surface area contributed by atoms with Crippen molar-refractivity contribution in [2.24, 2.45) is 11.7 Å². The highest BCUT2D eigenvalue weighted by Crippen LogP contribution is 2.34. The lowest BCUT2D eigenvalue weighted by Crippen LogP contribution is -2.20. The molecular weight excluding hydrogens is 222 g/mol. The quantitative estimate of drug-likeness (QED) is 0.876. The molecule has 2 aromatic rings. The van der Waals surface area contributed by atoms with Crippen LogP contribution in [0.3, 0.4) is 0 Å². The van der Waals surface area contributed by atoms with E-state index in [9.17, 15) is 0 Å². The lowest BCUT2D eigenvalue weighted by Gasteiger charge is -2.19. The van der Waals surface area contributed by atoms with Crippen LogP contribution in [0.15, 0.2) is 36.7 Å². The van der Waals surface area contributed by atoms with Crippen LogP contribution in [0.2, 0.25) is 0 Å². The molecule has 1 saturated heterocycles. The maximum absolute atomic E-state index is 5.79. The average Bonchev–Trinajstić information content (AvgIpc) is 2.79. The normalized spacial score (nSPS) is 24.8. The Morgan fingerprint density at radius 1 is 1.33 bits per heavy atom. The topological polar surface area (TPSA) is 42.1 Å². The summed E-state index contributed by atoms with van der Waals surface area (Å²) < 4.78 is 0. The molecule has 1 aliphatic heterocycles. The van der Waals surface area contributed by atoms with Crippen LogP contribution in [-0.2, 0) is 0 Å². The van der Waals surface area contributed by atoms with Crippen molar-refractivity contribution in [3.8, 4) is 0 Å². The van der Waals surface area contributed by atoms with Gasteiger partial charge in [-0.05, 0) is 49.0 Å². The number of nitrogens with two attached hydrogens (primary N) is 1. The van der Waals surface area contributed by atoms with Crippen molar-refractivity contribution in [3.63, 3.8) is 0 Å². The second kappa shape index (κ2) is 4.67. The smallest absolute Gasteiger partial charge is 0.0349 e. The van der Waals surface area contributed by atoms with Crippen molar-refractivity contribution in [3.05, 3.63) is 42.2 Å². The standard InChI is InChI=1S/C15H19N3/c1-18-10-11(8-16)6-15(18)13-2-3-14-9-17-5-4-12(14)7-13/h2-5,7,9,11,15H,6,8,10,16H2,1H3. The van der Waals surface area contributed by atoms with E-state index in [0.717, 1.165) is 13.1 Å². The fourth-order valence-corrected chi connectivity index (χ4v) is 2.98. The molecule has 3 nitrogen and oxygen atoms in total. The van der Waals surface area contributed by atoms with E-state index >= 15 is 0 Å². The molecule has 2 N–H and O–H groups in total. The number of benzene rings is 1. The third-order valence-corrected chi connectivity index (χ3v) is 4.02. The van der Waals surface area contributed by atoms with Gasteiger partial charge in [0.1, 0.15) is 0 Å². The van der Waals surface area contributed by atoms with Gasteiger partial charge in [0.25, 0.3) is 0 Å². The van der Waals surface area contributed by atoms with Gasteiger partial charge in [-0.1, -0.05) is 12.1 Å². The van der Waals surface area contributed by atoms with Crippen molar-refractivity contribution in [2.45, 2.75) is 12.5 Å². The van der Waals surface area contributed by atoms with Gasteiger partial charge in [-0.3, -0.25) is 9.88 Å². The Balaban J connectivity index is 1.94. The number of fused-ring (bicyclic) bond motifs is 1. The number of hydrogen-bond acceptors (Lipinski definition) is 3. The molecule has 0 amide bonds. The molecular formula is C15H19N3. The molecule has 3 rings (SSSR count). The molecule has 1 aromatic carbocycles. The first-order chi connectivity index (χ1) is 8.78. The number of hydrogen-bond donors (Lipinski definition) is 1. The van der Waals surface area contributed by atoms with Gasteiger partial charge in [0.2, 0.25) is 0 Å². The minimum absolute atomic E-state index is 0.510.